The number of benzene rings is 2. The molecule has 1 aliphatic heterocycles. The van der Waals surface area contributed by atoms with Crippen LogP contribution in [0.4, 0.5) is 13.2 Å². The Morgan fingerprint density at radius 1 is 1.19 bits per heavy atom. The Labute approximate surface area is 187 Å². The maximum absolute atomic E-state index is 14.4. The van der Waals surface area contributed by atoms with Gasteiger partial charge in [0.25, 0.3) is 0 Å². The Hall–Kier alpha value is -2.22. The van der Waals surface area contributed by atoms with E-state index in [-0.39, 0.29) is 33.6 Å². The molecule has 2 N–H and O–H groups in total. The first-order valence-electron chi connectivity index (χ1n) is 9.71. The second-order valence-corrected chi connectivity index (χ2v) is 8.49. The summed E-state index contributed by atoms with van der Waals surface area (Å²) >= 11 is 12.0. The molecule has 1 heterocycles. The van der Waals surface area contributed by atoms with E-state index in [2.05, 4.69) is 10.8 Å². The third-order valence-corrected chi connectivity index (χ3v) is 6.20. The molecule has 2 unspecified atom stereocenters. The molecule has 0 saturated carbocycles. The highest BCUT2D eigenvalue weighted by Crippen LogP contribution is 2.51. The minimum atomic E-state index is -4.83. The molecule has 2 atom stereocenters. The van der Waals surface area contributed by atoms with Crippen LogP contribution in [0.1, 0.15) is 36.5 Å². The molecule has 0 spiro atoms. The van der Waals surface area contributed by atoms with Crippen molar-refractivity contribution in [3.8, 4) is 0 Å². The number of halogens is 5. The summed E-state index contributed by atoms with van der Waals surface area (Å²) in [5.74, 6) is -0.283. The first-order valence-corrected chi connectivity index (χ1v) is 10.5. The van der Waals surface area contributed by atoms with Crippen molar-refractivity contribution >= 4 is 29.1 Å². The van der Waals surface area contributed by atoms with Crippen LogP contribution >= 0.6 is 23.2 Å². The van der Waals surface area contributed by atoms with Crippen LogP contribution in [0.2, 0.25) is 10.0 Å². The molecule has 4 nitrogen and oxygen atoms in total. The third kappa shape index (κ3) is 3.58. The van der Waals surface area contributed by atoms with E-state index in [1.165, 1.54) is 18.2 Å². The topological polar surface area (TPSA) is 50.4 Å². The predicted molar refractivity (Wildman–Crippen MR) is 111 cm³/mol. The van der Waals surface area contributed by atoms with Gasteiger partial charge in [-0.05, 0) is 48.2 Å². The number of hydroxylamine groups is 1. The second-order valence-electron chi connectivity index (χ2n) is 7.62. The van der Waals surface area contributed by atoms with Crippen molar-refractivity contribution in [2.45, 2.75) is 43.5 Å². The van der Waals surface area contributed by atoms with Gasteiger partial charge in [-0.25, -0.2) is 0 Å². The molecule has 2 aliphatic rings. The maximum Gasteiger partial charge on any atom is 0.428 e. The van der Waals surface area contributed by atoms with E-state index in [1.54, 1.807) is 13.0 Å². The Morgan fingerprint density at radius 2 is 1.87 bits per heavy atom. The molecular weight excluding hydrogens is 452 g/mol. The van der Waals surface area contributed by atoms with Gasteiger partial charge in [-0.2, -0.15) is 13.2 Å². The van der Waals surface area contributed by atoms with Gasteiger partial charge in [-0.1, -0.05) is 54.4 Å². The maximum atomic E-state index is 14.4. The van der Waals surface area contributed by atoms with Crippen molar-refractivity contribution in [3.63, 3.8) is 0 Å². The van der Waals surface area contributed by atoms with Crippen molar-refractivity contribution in [2.75, 3.05) is 0 Å². The number of carbonyl (C=O) groups is 1. The van der Waals surface area contributed by atoms with Gasteiger partial charge in [0, 0.05) is 22.0 Å². The largest absolute Gasteiger partial charge is 0.428 e. The average molecular weight is 471 g/mol. The normalized spacial score (nSPS) is 25.0. The molecule has 31 heavy (non-hydrogen) atoms. The molecule has 4 rings (SSSR count). The fourth-order valence-electron chi connectivity index (χ4n) is 4.24. The van der Waals surface area contributed by atoms with Gasteiger partial charge in [-0.15, -0.1) is 0 Å². The number of aryl methyl sites for hydroxylation is 1. The molecule has 0 bridgehead atoms. The first-order chi connectivity index (χ1) is 14.6. The van der Waals surface area contributed by atoms with E-state index >= 15 is 0 Å². The Morgan fingerprint density at radius 3 is 2.52 bits per heavy atom. The molecule has 2 aromatic carbocycles. The zero-order valence-corrected chi connectivity index (χ0v) is 18.0. The zero-order chi connectivity index (χ0) is 22.4. The highest BCUT2D eigenvalue weighted by molar-refractivity contribution is 6.34. The van der Waals surface area contributed by atoms with Gasteiger partial charge < -0.3 is 5.32 Å². The van der Waals surface area contributed by atoms with Crippen molar-refractivity contribution in [1.29, 1.82) is 0 Å². The molecule has 164 valence electrons. The molecule has 1 amide bonds. The number of nitrogens with one attached hydrogen (secondary N) is 2. The van der Waals surface area contributed by atoms with Crippen LogP contribution < -0.4 is 10.8 Å². The van der Waals surface area contributed by atoms with Gasteiger partial charge in [-0.3, -0.25) is 15.1 Å². The number of amides is 1. The summed E-state index contributed by atoms with van der Waals surface area (Å²) in [4.78, 5) is 17.6. The van der Waals surface area contributed by atoms with Crippen LogP contribution in [-0.2, 0) is 27.2 Å². The number of alkyl halides is 3. The molecule has 0 fully saturated rings. The van der Waals surface area contributed by atoms with Crippen LogP contribution in [0.3, 0.4) is 0 Å². The predicted octanol–water partition coefficient (Wildman–Crippen LogP) is 5.54. The quantitative estimate of drug-likeness (QED) is 0.616. The minimum absolute atomic E-state index is 0.0526. The molecule has 0 saturated heterocycles. The fourth-order valence-corrected chi connectivity index (χ4v) is 4.76. The lowest BCUT2D eigenvalue weighted by Gasteiger charge is -2.32. The molecule has 1 aliphatic carbocycles. The van der Waals surface area contributed by atoms with E-state index in [0.29, 0.717) is 12.8 Å². The van der Waals surface area contributed by atoms with E-state index in [9.17, 15) is 18.0 Å². The van der Waals surface area contributed by atoms with E-state index in [0.717, 1.165) is 17.2 Å². The summed E-state index contributed by atoms with van der Waals surface area (Å²) in [5, 5.41) is 3.04. The number of rotatable bonds is 4. The first kappa shape index (κ1) is 22.0. The Kier molecular flexibility index (Phi) is 5.48. The lowest BCUT2D eigenvalue weighted by atomic mass is 9.84. The summed E-state index contributed by atoms with van der Waals surface area (Å²) in [7, 11) is 0. The van der Waals surface area contributed by atoms with Crippen LogP contribution in [-0.4, -0.2) is 12.1 Å². The Bertz CT molecular complexity index is 1050. The monoisotopic (exact) mass is 470 g/mol. The fraction of sp³-hybridized carbons (Fsp3) is 0.318. The highest BCUT2D eigenvalue weighted by Gasteiger charge is 2.62. The van der Waals surface area contributed by atoms with Crippen molar-refractivity contribution in [1.82, 2.24) is 10.8 Å². The number of carbonyl (C=O) groups excluding carboxylic acids is 1. The van der Waals surface area contributed by atoms with E-state index in [1.807, 2.05) is 18.2 Å². The summed E-state index contributed by atoms with van der Waals surface area (Å²) in [6, 6.07) is 11.0. The summed E-state index contributed by atoms with van der Waals surface area (Å²) in [5.41, 5.74) is 0.0462. The van der Waals surface area contributed by atoms with Crippen LogP contribution in [0.25, 0.3) is 0 Å². The van der Waals surface area contributed by atoms with Crippen LogP contribution in [0.15, 0.2) is 54.2 Å². The molecular formula is C22H19Cl2F3N2O2. The standard InChI is InChI=1S/C22H19Cl2F3N2O2/c1-2-19(30)28-20(8-7-13-5-3-4-6-17(13)20)18-12-21(31-29-18,22(25,26)27)14-9-15(23)11-16(24)10-14/h3-6,9-12,29H,2,7-8H2,1H3,(H,28,30). The molecule has 9 heteroatoms. The summed E-state index contributed by atoms with van der Waals surface area (Å²) < 4.78 is 43.2. The second kappa shape index (κ2) is 7.73. The van der Waals surface area contributed by atoms with Crippen molar-refractivity contribution in [3.05, 3.63) is 81.0 Å². The lowest BCUT2D eigenvalue weighted by Crippen LogP contribution is -2.48. The van der Waals surface area contributed by atoms with Crippen LogP contribution in [0, 0.1) is 0 Å². The molecule has 0 aromatic heterocycles. The molecule has 2 aromatic rings. The van der Waals surface area contributed by atoms with Gasteiger partial charge in [0.15, 0.2) is 0 Å². The Balaban J connectivity index is 1.90. The zero-order valence-electron chi connectivity index (χ0n) is 16.4. The lowest BCUT2D eigenvalue weighted by molar-refractivity contribution is -0.270. The van der Waals surface area contributed by atoms with Gasteiger partial charge >= 0.3 is 6.18 Å². The summed E-state index contributed by atoms with van der Waals surface area (Å²) in [6.07, 6.45) is -2.67. The van der Waals surface area contributed by atoms with Gasteiger partial charge in [0.1, 0.15) is 5.54 Å². The summed E-state index contributed by atoms with van der Waals surface area (Å²) in [6.45, 7) is 1.69. The van der Waals surface area contributed by atoms with Crippen molar-refractivity contribution in [2.24, 2.45) is 0 Å². The van der Waals surface area contributed by atoms with Crippen LogP contribution in [0.5, 0.6) is 0 Å². The SMILES string of the molecule is CCC(=O)NC1(C2=CC(c3cc(Cl)cc(Cl)c3)(C(F)(F)F)ON2)CCc2ccccc21. The number of hydrogen-bond acceptors (Lipinski definition) is 3. The smallest absolute Gasteiger partial charge is 0.341 e. The van der Waals surface area contributed by atoms with E-state index in [4.69, 9.17) is 28.0 Å². The van der Waals surface area contributed by atoms with Gasteiger partial charge in [0.2, 0.25) is 11.5 Å². The highest BCUT2D eigenvalue weighted by atomic mass is 35.5. The van der Waals surface area contributed by atoms with Gasteiger partial charge in [0.05, 0.1) is 5.70 Å². The van der Waals surface area contributed by atoms with Crippen molar-refractivity contribution < 1.29 is 22.8 Å². The minimum Gasteiger partial charge on any atom is -0.341 e. The molecule has 0 radical (unpaired) electrons. The number of fused-ring (bicyclic) bond motifs is 1. The average Bonchev–Trinajstić information content (AvgIpc) is 3.31. The third-order valence-electron chi connectivity index (χ3n) is 5.76. The van der Waals surface area contributed by atoms with E-state index < -0.39 is 17.3 Å². The number of hydrogen-bond donors (Lipinski definition) is 2.